The normalized spacial score (nSPS) is 11.5. The average molecular weight is 254 g/mol. The molecule has 0 aliphatic rings. The van der Waals surface area contributed by atoms with Gasteiger partial charge in [-0.25, -0.2) is 4.39 Å². The van der Waals surface area contributed by atoms with Gasteiger partial charge in [-0.15, -0.1) is 5.92 Å². The Morgan fingerprint density at radius 2 is 1.84 bits per heavy atom. The van der Waals surface area contributed by atoms with E-state index in [0.717, 1.165) is 16.7 Å². The van der Waals surface area contributed by atoms with Gasteiger partial charge in [0.2, 0.25) is 0 Å². The zero-order valence-electron chi connectivity index (χ0n) is 10.7. The molecule has 1 N–H and O–H groups in total. The monoisotopic (exact) mass is 254 g/mol. The molecule has 0 radical (unpaired) electrons. The number of halogens is 1. The summed E-state index contributed by atoms with van der Waals surface area (Å²) < 4.78 is 12.8. The van der Waals surface area contributed by atoms with E-state index in [0.29, 0.717) is 6.42 Å². The van der Waals surface area contributed by atoms with Gasteiger partial charge >= 0.3 is 0 Å². The van der Waals surface area contributed by atoms with Crippen molar-refractivity contribution in [1.82, 2.24) is 0 Å². The summed E-state index contributed by atoms with van der Waals surface area (Å²) in [6, 6.07) is 14.1. The van der Waals surface area contributed by atoms with Gasteiger partial charge in [0, 0.05) is 0 Å². The van der Waals surface area contributed by atoms with Gasteiger partial charge in [0.1, 0.15) is 11.9 Å². The van der Waals surface area contributed by atoms with Crippen LogP contribution in [-0.2, 0) is 6.42 Å². The number of hydrogen-bond donors (Lipinski definition) is 1. The van der Waals surface area contributed by atoms with Crippen LogP contribution < -0.4 is 0 Å². The van der Waals surface area contributed by atoms with Crippen molar-refractivity contribution >= 4 is 0 Å². The summed E-state index contributed by atoms with van der Waals surface area (Å²) in [5, 5.41) is 9.82. The Morgan fingerprint density at radius 1 is 1.11 bits per heavy atom. The molecule has 0 fully saturated rings. The second-order valence-electron chi connectivity index (χ2n) is 4.35. The van der Waals surface area contributed by atoms with Crippen LogP contribution >= 0.6 is 0 Å². The molecule has 2 aromatic rings. The standard InChI is InChI=1S/C17H15FO/c1-2-4-17(19)15-6-3-5-14(12-15)11-13-7-9-16(18)10-8-13/h3,5-10,12,17,19H,11H2,1H3. The maximum Gasteiger partial charge on any atom is 0.140 e. The first-order valence-electron chi connectivity index (χ1n) is 6.12. The van der Waals surface area contributed by atoms with Gasteiger partial charge in [-0.05, 0) is 42.2 Å². The fourth-order valence-electron chi connectivity index (χ4n) is 1.93. The number of hydrogen-bond acceptors (Lipinski definition) is 1. The molecular formula is C17H15FO. The van der Waals surface area contributed by atoms with Crippen LogP contribution in [0.5, 0.6) is 0 Å². The summed E-state index contributed by atoms with van der Waals surface area (Å²) in [7, 11) is 0. The molecule has 1 unspecified atom stereocenters. The van der Waals surface area contributed by atoms with E-state index in [2.05, 4.69) is 11.8 Å². The highest BCUT2D eigenvalue weighted by molar-refractivity contribution is 5.33. The highest BCUT2D eigenvalue weighted by atomic mass is 19.1. The Hall–Kier alpha value is -2.11. The quantitative estimate of drug-likeness (QED) is 0.831. The van der Waals surface area contributed by atoms with E-state index < -0.39 is 6.10 Å². The average Bonchev–Trinajstić information content (AvgIpc) is 2.42. The molecule has 0 heterocycles. The third kappa shape index (κ3) is 3.67. The maximum absolute atomic E-state index is 12.8. The minimum Gasteiger partial charge on any atom is -0.376 e. The Kier molecular flexibility index (Phi) is 4.33. The van der Waals surface area contributed by atoms with Gasteiger partial charge in [-0.1, -0.05) is 42.3 Å². The summed E-state index contributed by atoms with van der Waals surface area (Å²) in [6.45, 7) is 1.70. The Balaban J connectivity index is 2.18. The van der Waals surface area contributed by atoms with Crippen molar-refractivity contribution in [3.8, 4) is 11.8 Å². The van der Waals surface area contributed by atoms with Gasteiger partial charge in [-0.2, -0.15) is 0 Å². The summed E-state index contributed by atoms with van der Waals surface area (Å²) >= 11 is 0. The fourth-order valence-corrected chi connectivity index (χ4v) is 1.93. The third-order valence-corrected chi connectivity index (χ3v) is 2.87. The highest BCUT2D eigenvalue weighted by Gasteiger charge is 2.04. The van der Waals surface area contributed by atoms with E-state index in [1.54, 1.807) is 19.1 Å². The zero-order valence-corrected chi connectivity index (χ0v) is 10.7. The van der Waals surface area contributed by atoms with Crippen molar-refractivity contribution < 1.29 is 9.50 Å². The molecule has 0 aromatic heterocycles. The smallest absolute Gasteiger partial charge is 0.140 e. The minimum absolute atomic E-state index is 0.230. The summed E-state index contributed by atoms with van der Waals surface area (Å²) in [5.74, 6) is 5.19. The van der Waals surface area contributed by atoms with Crippen LogP contribution in [0.3, 0.4) is 0 Å². The van der Waals surface area contributed by atoms with Crippen LogP contribution in [0.15, 0.2) is 48.5 Å². The van der Waals surface area contributed by atoms with Crippen LogP contribution in [0, 0.1) is 17.7 Å². The van der Waals surface area contributed by atoms with Crippen LogP contribution in [0.4, 0.5) is 4.39 Å². The molecule has 0 aliphatic heterocycles. The lowest BCUT2D eigenvalue weighted by Crippen LogP contribution is -1.96. The molecule has 96 valence electrons. The lowest BCUT2D eigenvalue weighted by Gasteiger charge is -2.07. The van der Waals surface area contributed by atoms with E-state index in [1.165, 1.54) is 12.1 Å². The topological polar surface area (TPSA) is 20.2 Å². The van der Waals surface area contributed by atoms with Crippen LogP contribution in [0.2, 0.25) is 0 Å². The van der Waals surface area contributed by atoms with Gasteiger partial charge in [0.05, 0.1) is 0 Å². The number of rotatable bonds is 3. The minimum atomic E-state index is -0.752. The molecule has 19 heavy (non-hydrogen) atoms. The Bertz CT molecular complexity index is 605. The molecule has 1 atom stereocenters. The zero-order chi connectivity index (χ0) is 13.7. The second-order valence-corrected chi connectivity index (χ2v) is 4.35. The van der Waals surface area contributed by atoms with Gasteiger partial charge in [0.15, 0.2) is 0 Å². The molecule has 2 rings (SSSR count). The second kappa shape index (κ2) is 6.17. The first kappa shape index (κ1) is 13.3. The van der Waals surface area contributed by atoms with E-state index in [9.17, 15) is 9.50 Å². The molecular weight excluding hydrogens is 239 g/mol. The number of benzene rings is 2. The Labute approximate surface area is 112 Å². The van der Waals surface area contributed by atoms with Gasteiger partial charge in [0.25, 0.3) is 0 Å². The van der Waals surface area contributed by atoms with E-state index in [4.69, 9.17) is 0 Å². The lowest BCUT2D eigenvalue weighted by molar-refractivity contribution is 0.238. The molecule has 1 nitrogen and oxygen atoms in total. The molecule has 0 amide bonds. The van der Waals surface area contributed by atoms with Crippen molar-refractivity contribution in [3.63, 3.8) is 0 Å². The number of aliphatic hydroxyl groups is 1. The molecule has 2 heteroatoms. The van der Waals surface area contributed by atoms with E-state index >= 15 is 0 Å². The first-order chi connectivity index (χ1) is 9.19. The highest BCUT2D eigenvalue weighted by Crippen LogP contribution is 2.16. The molecule has 0 spiro atoms. The molecule has 2 aromatic carbocycles. The molecule has 0 aliphatic carbocycles. The Morgan fingerprint density at radius 3 is 2.53 bits per heavy atom. The predicted molar refractivity (Wildman–Crippen MR) is 74.1 cm³/mol. The van der Waals surface area contributed by atoms with E-state index in [-0.39, 0.29) is 5.82 Å². The largest absolute Gasteiger partial charge is 0.376 e. The van der Waals surface area contributed by atoms with Crippen LogP contribution in [0.1, 0.15) is 29.7 Å². The van der Waals surface area contributed by atoms with Crippen molar-refractivity contribution in [3.05, 3.63) is 71.0 Å². The van der Waals surface area contributed by atoms with Crippen molar-refractivity contribution in [2.24, 2.45) is 0 Å². The summed E-state index contributed by atoms with van der Waals surface area (Å²) in [5.41, 5.74) is 2.89. The van der Waals surface area contributed by atoms with Crippen molar-refractivity contribution in [2.45, 2.75) is 19.4 Å². The molecule has 0 bridgehead atoms. The summed E-state index contributed by atoms with van der Waals surface area (Å²) in [6.07, 6.45) is -0.0430. The van der Waals surface area contributed by atoms with Crippen molar-refractivity contribution in [2.75, 3.05) is 0 Å². The SMILES string of the molecule is CC#CC(O)c1cccc(Cc2ccc(F)cc2)c1. The first-order valence-corrected chi connectivity index (χ1v) is 6.12. The lowest BCUT2D eigenvalue weighted by atomic mass is 10.0. The third-order valence-electron chi connectivity index (χ3n) is 2.87. The van der Waals surface area contributed by atoms with Gasteiger partial charge < -0.3 is 5.11 Å². The van der Waals surface area contributed by atoms with Gasteiger partial charge in [-0.3, -0.25) is 0 Å². The fraction of sp³-hybridized carbons (Fsp3) is 0.176. The summed E-state index contributed by atoms with van der Waals surface area (Å²) in [4.78, 5) is 0. The molecule has 0 saturated carbocycles. The van der Waals surface area contributed by atoms with Crippen LogP contribution in [0.25, 0.3) is 0 Å². The van der Waals surface area contributed by atoms with Crippen LogP contribution in [-0.4, -0.2) is 5.11 Å². The van der Waals surface area contributed by atoms with E-state index in [1.807, 2.05) is 24.3 Å². The maximum atomic E-state index is 12.8. The number of aliphatic hydroxyl groups excluding tert-OH is 1. The molecule has 0 saturated heterocycles. The predicted octanol–water partition coefficient (Wildman–Crippen LogP) is 3.47. The van der Waals surface area contributed by atoms with Crippen molar-refractivity contribution in [1.29, 1.82) is 0 Å².